The first-order valence-electron chi connectivity index (χ1n) is 8.27. The van der Waals surface area contributed by atoms with Gasteiger partial charge in [0.1, 0.15) is 17.2 Å². The van der Waals surface area contributed by atoms with Crippen molar-refractivity contribution in [3.8, 4) is 11.5 Å². The highest BCUT2D eigenvalue weighted by Crippen LogP contribution is 2.34. The van der Waals surface area contributed by atoms with E-state index in [0.717, 1.165) is 22.9 Å². The van der Waals surface area contributed by atoms with E-state index in [1.165, 1.54) is 18.8 Å². The van der Waals surface area contributed by atoms with Crippen LogP contribution in [0.4, 0.5) is 23.8 Å². The molecule has 0 aliphatic heterocycles. The van der Waals surface area contributed by atoms with E-state index in [1.54, 1.807) is 23.7 Å². The summed E-state index contributed by atoms with van der Waals surface area (Å²) in [6.07, 6.45) is -3.40. The molecule has 3 aromatic rings. The first kappa shape index (κ1) is 19.9. The van der Waals surface area contributed by atoms with Crippen molar-refractivity contribution in [3.05, 3.63) is 30.1 Å². The highest BCUT2D eigenvalue weighted by atomic mass is 32.2. The van der Waals surface area contributed by atoms with Crippen molar-refractivity contribution in [2.75, 3.05) is 18.1 Å². The van der Waals surface area contributed by atoms with Gasteiger partial charge in [-0.1, -0.05) is 6.92 Å². The van der Waals surface area contributed by atoms with Crippen LogP contribution in [0.25, 0.3) is 22.6 Å². The van der Waals surface area contributed by atoms with Crippen LogP contribution >= 0.6 is 11.8 Å². The molecule has 0 aliphatic rings. The number of imidazole rings is 1. The van der Waals surface area contributed by atoms with Crippen LogP contribution in [0.1, 0.15) is 12.6 Å². The number of urea groups is 1. The normalized spacial score (nSPS) is 11.6. The molecule has 0 bridgehead atoms. The minimum absolute atomic E-state index is 0.165. The van der Waals surface area contributed by atoms with Gasteiger partial charge in [0.25, 0.3) is 0 Å². The third kappa shape index (κ3) is 3.88. The van der Waals surface area contributed by atoms with Crippen LogP contribution in [-0.2, 0) is 13.2 Å². The van der Waals surface area contributed by atoms with Gasteiger partial charge in [-0.15, -0.1) is 11.8 Å². The van der Waals surface area contributed by atoms with E-state index < -0.39 is 17.9 Å². The van der Waals surface area contributed by atoms with E-state index in [4.69, 9.17) is 0 Å². The van der Waals surface area contributed by atoms with Crippen LogP contribution in [0.3, 0.4) is 0 Å². The predicted molar refractivity (Wildman–Crippen MR) is 101 cm³/mol. The van der Waals surface area contributed by atoms with Crippen LogP contribution in [0.2, 0.25) is 0 Å². The standard InChI is InChI=1S/C17H17F3N6OS/c1-4-28-11-5-6-13(25-16(27)21-2)24-14(11)15-23-9-7-12(17(18,19)20)22-8-10(9)26(15)3/h5-8H,4H2,1-3H3,(H2,21,24,25,27). The quantitative estimate of drug-likeness (QED) is 0.637. The van der Waals surface area contributed by atoms with Crippen LogP contribution in [0, 0.1) is 0 Å². The number of nitrogens with one attached hydrogen (secondary N) is 2. The lowest BCUT2D eigenvalue weighted by Crippen LogP contribution is -2.25. The number of rotatable bonds is 4. The largest absolute Gasteiger partial charge is 0.433 e. The van der Waals surface area contributed by atoms with Crippen molar-refractivity contribution in [1.82, 2.24) is 24.8 Å². The van der Waals surface area contributed by atoms with Gasteiger partial charge in [0, 0.05) is 19.0 Å². The Kier molecular flexibility index (Phi) is 5.45. The summed E-state index contributed by atoms with van der Waals surface area (Å²) in [5, 5.41) is 5.02. The number of aromatic nitrogens is 4. The topological polar surface area (TPSA) is 84.7 Å². The first-order valence-corrected chi connectivity index (χ1v) is 9.25. The Labute approximate surface area is 162 Å². The molecule has 0 radical (unpaired) electrons. The number of amides is 2. The molecule has 2 N–H and O–H groups in total. The number of aryl methyl sites for hydroxylation is 1. The fourth-order valence-corrected chi connectivity index (χ4v) is 3.33. The molecule has 148 valence electrons. The average molecular weight is 410 g/mol. The summed E-state index contributed by atoms with van der Waals surface area (Å²) < 4.78 is 40.5. The Bertz CT molecular complexity index is 1030. The number of carbonyl (C=O) groups excluding carboxylic acids is 1. The summed E-state index contributed by atoms with van der Waals surface area (Å²) in [6.45, 7) is 1.97. The minimum atomic E-state index is -4.55. The number of halogens is 3. The second-order valence-corrected chi connectivity index (χ2v) is 7.04. The molecule has 0 aromatic carbocycles. The Morgan fingerprint density at radius 2 is 2.04 bits per heavy atom. The summed E-state index contributed by atoms with van der Waals surface area (Å²) >= 11 is 1.52. The number of carbonyl (C=O) groups is 1. The highest BCUT2D eigenvalue weighted by Gasteiger charge is 2.33. The van der Waals surface area contributed by atoms with Gasteiger partial charge < -0.3 is 9.88 Å². The Hall–Kier alpha value is -2.82. The van der Waals surface area contributed by atoms with Gasteiger partial charge in [-0.25, -0.2) is 19.7 Å². The molecule has 0 atom stereocenters. The smallest absolute Gasteiger partial charge is 0.341 e. The summed E-state index contributed by atoms with van der Waals surface area (Å²) in [5.41, 5.74) is 0.0736. The summed E-state index contributed by atoms with van der Waals surface area (Å²) in [6, 6.07) is 3.93. The van der Waals surface area contributed by atoms with Gasteiger partial charge in [-0.3, -0.25) is 5.32 Å². The summed E-state index contributed by atoms with van der Waals surface area (Å²) in [5.74, 6) is 1.45. The lowest BCUT2D eigenvalue weighted by molar-refractivity contribution is -0.141. The third-order valence-electron chi connectivity index (χ3n) is 3.90. The maximum absolute atomic E-state index is 13.0. The molecule has 3 heterocycles. The Balaban J connectivity index is 2.15. The SMILES string of the molecule is CCSc1ccc(NC(=O)NC)nc1-c1nc2cc(C(F)(F)F)ncc2n1C. The molecule has 0 fully saturated rings. The molecule has 0 saturated heterocycles. The van der Waals surface area contributed by atoms with Gasteiger partial charge in [-0.05, 0) is 24.0 Å². The molecular formula is C17H17F3N6OS. The number of thioether (sulfide) groups is 1. The van der Waals surface area contributed by atoms with Crippen LogP contribution in [0.5, 0.6) is 0 Å². The lowest BCUT2D eigenvalue weighted by atomic mass is 10.3. The van der Waals surface area contributed by atoms with E-state index in [1.807, 2.05) is 6.92 Å². The van der Waals surface area contributed by atoms with Crippen molar-refractivity contribution < 1.29 is 18.0 Å². The van der Waals surface area contributed by atoms with Gasteiger partial charge >= 0.3 is 12.2 Å². The Morgan fingerprint density at radius 1 is 1.29 bits per heavy atom. The lowest BCUT2D eigenvalue weighted by Gasteiger charge is -2.11. The number of nitrogens with zero attached hydrogens (tertiary/aromatic N) is 4. The summed E-state index contributed by atoms with van der Waals surface area (Å²) in [4.78, 5) is 24.7. The monoisotopic (exact) mass is 410 g/mol. The van der Waals surface area contributed by atoms with Gasteiger partial charge in [0.2, 0.25) is 0 Å². The zero-order valence-corrected chi connectivity index (χ0v) is 16.1. The molecule has 0 saturated carbocycles. The number of hydrogen-bond donors (Lipinski definition) is 2. The molecule has 7 nitrogen and oxygen atoms in total. The second kappa shape index (κ2) is 7.66. The van der Waals surface area contributed by atoms with Crippen molar-refractivity contribution in [3.63, 3.8) is 0 Å². The van der Waals surface area contributed by atoms with E-state index >= 15 is 0 Å². The zero-order chi connectivity index (χ0) is 20.5. The van der Waals surface area contributed by atoms with Gasteiger partial charge in [-0.2, -0.15) is 13.2 Å². The van der Waals surface area contributed by atoms with Gasteiger partial charge in [0.05, 0.1) is 17.2 Å². The first-order chi connectivity index (χ1) is 13.2. The molecule has 0 spiro atoms. The fraction of sp³-hybridized carbons (Fsp3) is 0.294. The van der Waals surface area contributed by atoms with E-state index in [2.05, 4.69) is 25.6 Å². The molecule has 0 unspecified atom stereocenters. The highest BCUT2D eigenvalue weighted by molar-refractivity contribution is 7.99. The van der Waals surface area contributed by atoms with Crippen molar-refractivity contribution in [1.29, 1.82) is 0 Å². The third-order valence-corrected chi connectivity index (χ3v) is 4.83. The molecule has 0 aliphatic carbocycles. The second-order valence-electron chi connectivity index (χ2n) is 5.73. The molecular weight excluding hydrogens is 393 g/mol. The molecule has 3 aromatic heterocycles. The molecule has 28 heavy (non-hydrogen) atoms. The minimum Gasteiger partial charge on any atom is -0.341 e. The van der Waals surface area contributed by atoms with Crippen molar-refractivity contribution >= 4 is 34.6 Å². The van der Waals surface area contributed by atoms with E-state index in [-0.39, 0.29) is 5.52 Å². The maximum atomic E-state index is 13.0. The number of anilines is 1. The maximum Gasteiger partial charge on any atom is 0.433 e. The molecule has 2 amide bonds. The molecule has 11 heteroatoms. The van der Waals surface area contributed by atoms with E-state index in [0.29, 0.717) is 22.9 Å². The van der Waals surface area contributed by atoms with Crippen LogP contribution in [0.15, 0.2) is 29.3 Å². The number of alkyl halides is 3. The van der Waals surface area contributed by atoms with Crippen molar-refractivity contribution in [2.24, 2.45) is 7.05 Å². The average Bonchev–Trinajstić information content (AvgIpc) is 2.98. The van der Waals surface area contributed by atoms with E-state index in [9.17, 15) is 18.0 Å². The predicted octanol–water partition coefficient (Wildman–Crippen LogP) is 3.91. The fourth-order valence-electron chi connectivity index (χ4n) is 2.58. The number of fused-ring (bicyclic) bond motifs is 1. The zero-order valence-electron chi connectivity index (χ0n) is 15.3. The molecule has 3 rings (SSSR count). The van der Waals surface area contributed by atoms with Gasteiger partial charge in [0.15, 0.2) is 5.82 Å². The number of pyridine rings is 2. The Morgan fingerprint density at radius 3 is 2.68 bits per heavy atom. The van der Waals surface area contributed by atoms with Crippen molar-refractivity contribution in [2.45, 2.75) is 18.0 Å². The summed E-state index contributed by atoms with van der Waals surface area (Å²) in [7, 11) is 3.16. The number of hydrogen-bond acceptors (Lipinski definition) is 5. The van der Waals surface area contributed by atoms with Crippen LogP contribution < -0.4 is 10.6 Å². The van der Waals surface area contributed by atoms with Crippen LogP contribution in [-0.4, -0.2) is 38.4 Å².